The molecule has 2 heterocycles. The molecule has 0 spiro atoms. The van der Waals surface area contributed by atoms with Crippen molar-refractivity contribution >= 4 is 23.4 Å². The average molecular weight is 549 g/mol. The number of carbonyl (C=O) groups is 3. The lowest BCUT2D eigenvalue weighted by Crippen LogP contribution is -2.29. The highest BCUT2D eigenvalue weighted by Crippen LogP contribution is 2.40. The number of hydrogen-bond donors (Lipinski definition) is 1. The first-order valence-electron chi connectivity index (χ1n) is 13.0. The molecule has 1 amide bonds. The summed E-state index contributed by atoms with van der Waals surface area (Å²) in [4.78, 5) is 44.0. The number of likely N-dealkylation sites (tertiary alicyclic amines) is 1. The van der Waals surface area contributed by atoms with Gasteiger partial charge in [-0.05, 0) is 72.1 Å². The lowest BCUT2D eigenvalue weighted by molar-refractivity contribution is -0.140. The van der Waals surface area contributed by atoms with Gasteiger partial charge >= 0.3 is 5.97 Å². The molecule has 0 saturated carbocycles. The summed E-state index contributed by atoms with van der Waals surface area (Å²) < 4.78 is 10.7. The van der Waals surface area contributed by atoms with Gasteiger partial charge in [0.15, 0.2) is 0 Å². The summed E-state index contributed by atoms with van der Waals surface area (Å²) in [5.74, 6) is -1.74. The number of aromatic nitrogens is 1. The molecular formula is C33H28N2O6. The third kappa shape index (κ3) is 5.86. The quantitative estimate of drug-likeness (QED) is 0.136. The van der Waals surface area contributed by atoms with Crippen LogP contribution in [-0.4, -0.2) is 39.8 Å². The number of rotatable bonds is 8. The van der Waals surface area contributed by atoms with Crippen LogP contribution in [0.1, 0.15) is 44.2 Å². The number of amides is 1. The lowest BCUT2D eigenvalue weighted by Gasteiger charge is -2.25. The number of esters is 1. The molecule has 1 saturated heterocycles. The predicted octanol–water partition coefficient (Wildman–Crippen LogP) is 5.38. The van der Waals surface area contributed by atoms with Crippen LogP contribution < -0.4 is 4.74 Å². The minimum absolute atomic E-state index is 0.0386. The molecule has 1 atom stereocenters. The molecule has 1 N–H and O–H groups in total. The Morgan fingerprint density at radius 3 is 2.24 bits per heavy atom. The maximum absolute atomic E-state index is 13.4. The van der Waals surface area contributed by atoms with Crippen molar-refractivity contribution in [3.63, 3.8) is 0 Å². The fraction of sp³-hybridized carbons (Fsp3) is 0.152. The zero-order chi connectivity index (χ0) is 28.9. The molecule has 206 valence electrons. The molecule has 1 aliphatic heterocycles. The molecule has 1 unspecified atom stereocenters. The van der Waals surface area contributed by atoms with E-state index in [1.807, 2.05) is 31.2 Å². The van der Waals surface area contributed by atoms with Crippen molar-refractivity contribution in [1.29, 1.82) is 0 Å². The van der Waals surface area contributed by atoms with Gasteiger partial charge in [-0.25, -0.2) is 4.79 Å². The largest absolute Gasteiger partial charge is 0.507 e. The van der Waals surface area contributed by atoms with Gasteiger partial charge in [-0.1, -0.05) is 42.0 Å². The van der Waals surface area contributed by atoms with Crippen LogP contribution in [0.3, 0.4) is 0 Å². The molecule has 41 heavy (non-hydrogen) atoms. The van der Waals surface area contributed by atoms with Crippen LogP contribution in [0.4, 0.5) is 0 Å². The highest BCUT2D eigenvalue weighted by molar-refractivity contribution is 6.46. The maximum Gasteiger partial charge on any atom is 0.337 e. The number of ketones is 1. The van der Waals surface area contributed by atoms with E-state index in [2.05, 4.69) is 4.98 Å². The molecular weight excluding hydrogens is 520 g/mol. The summed E-state index contributed by atoms with van der Waals surface area (Å²) in [6, 6.07) is 23.8. The van der Waals surface area contributed by atoms with Crippen molar-refractivity contribution in [1.82, 2.24) is 9.88 Å². The van der Waals surface area contributed by atoms with E-state index in [-0.39, 0.29) is 17.9 Å². The van der Waals surface area contributed by atoms with E-state index in [1.54, 1.807) is 73.1 Å². The number of pyridine rings is 1. The number of ether oxygens (including phenoxy) is 2. The minimum Gasteiger partial charge on any atom is -0.507 e. The Morgan fingerprint density at radius 1 is 0.902 bits per heavy atom. The highest BCUT2D eigenvalue weighted by atomic mass is 16.5. The second kappa shape index (κ2) is 11.9. The van der Waals surface area contributed by atoms with Gasteiger partial charge in [0.2, 0.25) is 0 Å². The van der Waals surface area contributed by atoms with Crippen molar-refractivity contribution in [2.24, 2.45) is 0 Å². The van der Waals surface area contributed by atoms with Crippen LogP contribution in [0, 0.1) is 6.92 Å². The van der Waals surface area contributed by atoms with Crippen LogP contribution >= 0.6 is 0 Å². The summed E-state index contributed by atoms with van der Waals surface area (Å²) in [5, 5.41) is 11.4. The SMILES string of the molecule is COC(=O)c1ccc(C2C(=C(O)c3ccc(OCc4cccc(C)c4)cc3)C(=O)C(=O)N2Cc2ccncc2)cc1. The molecule has 0 radical (unpaired) electrons. The normalized spacial score (nSPS) is 16.0. The zero-order valence-corrected chi connectivity index (χ0v) is 22.6. The van der Waals surface area contributed by atoms with E-state index < -0.39 is 23.7 Å². The van der Waals surface area contributed by atoms with Crippen molar-refractivity contribution in [3.8, 4) is 5.75 Å². The van der Waals surface area contributed by atoms with E-state index in [0.29, 0.717) is 29.0 Å². The fourth-order valence-electron chi connectivity index (χ4n) is 4.83. The number of methoxy groups -OCH3 is 1. The standard InChI is InChI=1S/C33H28N2O6/c1-21-4-3-5-23(18-21)20-41-27-12-10-25(11-13-27)30(36)28-29(24-6-8-26(9-7-24)33(39)40-2)35(32(38)31(28)37)19-22-14-16-34-17-15-22/h3-18,29,36H,19-20H2,1-2H3. The smallest absolute Gasteiger partial charge is 0.337 e. The number of aryl methyl sites for hydroxylation is 1. The number of Topliss-reactive ketones (excluding diaryl/α,β-unsaturated/α-hetero) is 1. The van der Waals surface area contributed by atoms with Crippen LogP contribution in [0.25, 0.3) is 5.76 Å². The van der Waals surface area contributed by atoms with E-state index in [0.717, 1.165) is 16.7 Å². The van der Waals surface area contributed by atoms with Crippen LogP contribution in [-0.2, 0) is 27.5 Å². The number of nitrogens with zero attached hydrogens (tertiary/aromatic N) is 2. The van der Waals surface area contributed by atoms with Gasteiger partial charge in [-0.2, -0.15) is 0 Å². The van der Waals surface area contributed by atoms with Crippen molar-refractivity contribution in [2.75, 3.05) is 7.11 Å². The van der Waals surface area contributed by atoms with E-state index in [9.17, 15) is 19.5 Å². The molecule has 1 aliphatic rings. The molecule has 8 heteroatoms. The lowest BCUT2D eigenvalue weighted by atomic mass is 9.94. The topological polar surface area (TPSA) is 106 Å². The Balaban J connectivity index is 1.48. The number of aliphatic hydroxyl groups excluding tert-OH is 1. The summed E-state index contributed by atoms with van der Waals surface area (Å²) in [7, 11) is 1.29. The predicted molar refractivity (Wildman–Crippen MR) is 152 cm³/mol. The maximum atomic E-state index is 13.4. The first-order valence-corrected chi connectivity index (χ1v) is 13.0. The first-order chi connectivity index (χ1) is 19.9. The van der Waals surface area contributed by atoms with Crippen molar-refractivity contribution < 1.29 is 29.0 Å². The molecule has 3 aromatic carbocycles. The Hall–Kier alpha value is -5.24. The molecule has 1 aromatic heterocycles. The summed E-state index contributed by atoms with van der Waals surface area (Å²) in [6.07, 6.45) is 3.21. The van der Waals surface area contributed by atoms with Gasteiger partial charge in [-0.3, -0.25) is 14.6 Å². The van der Waals surface area contributed by atoms with Gasteiger partial charge in [0.1, 0.15) is 18.1 Å². The molecule has 0 aliphatic carbocycles. The van der Waals surface area contributed by atoms with E-state index >= 15 is 0 Å². The van der Waals surface area contributed by atoms with E-state index in [1.165, 1.54) is 12.0 Å². The number of benzene rings is 3. The third-order valence-electron chi connectivity index (χ3n) is 6.91. The summed E-state index contributed by atoms with van der Waals surface area (Å²) in [6.45, 7) is 2.52. The second-order valence-electron chi connectivity index (χ2n) is 9.70. The van der Waals surface area contributed by atoms with Gasteiger partial charge in [0.05, 0.1) is 24.3 Å². The summed E-state index contributed by atoms with van der Waals surface area (Å²) in [5.41, 5.74) is 4.15. The zero-order valence-electron chi connectivity index (χ0n) is 22.6. The van der Waals surface area contributed by atoms with Gasteiger partial charge in [0.25, 0.3) is 11.7 Å². The first kappa shape index (κ1) is 27.3. The third-order valence-corrected chi connectivity index (χ3v) is 6.91. The molecule has 4 aromatic rings. The average Bonchev–Trinajstić information content (AvgIpc) is 3.25. The van der Waals surface area contributed by atoms with Gasteiger partial charge < -0.3 is 19.5 Å². The summed E-state index contributed by atoms with van der Waals surface area (Å²) >= 11 is 0. The molecule has 5 rings (SSSR count). The van der Waals surface area contributed by atoms with Crippen LogP contribution in [0.2, 0.25) is 0 Å². The Kier molecular flexibility index (Phi) is 7.92. The van der Waals surface area contributed by atoms with E-state index in [4.69, 9.17) is 9.47 Å². The van der Waals surface area contributed by atoms with Crippen LogP contribution in [0.5, 0.6) is 5.75 Å². The number of carbonyl (C=O) groups excluding carboxylic acids is 3. The Labute approximate surface area is 237 Å². The molecule has 1 fully saturated rings. The fourth-order valence-corrected chi connectivity index (χ4v) is 4.83. The minimum atomic E-state index is -0.882. The Morgan fingerprint density at radius 2 is 1.59 bits per heavy atom. The molecule has 0 bridgehead atoms. The second-order valence-corrected chi connectivity index (χ2v) is 9.70. The van der Waals surface area contributed by atoms with Gasteiger partial charge in [0, 0.05) is 24.5 Å². The molecule has 8 nitrogen and oxygen atoms in total. The number of aliphatic hydroxyl groups is 1. The van der Waals surface area contributed by atoms with Crippen LogP contribution in [0.15, 0.2) is 103 Å². The highest BCUT2D eigenvalue weighted by Gasteiger charge is 2.46. The van der Waals surface area contributed by atoms with Gasteiger partial charge in [-0.15, -0.1) is 0 Å². The Bertz CT molecular complexity index is 1610. The number of hydrogen-bond acceptors (Lipinski definition) is 7. The van der Waals surface area contributed by atoms with Crippen molar-refractivity contribution in [2.45, 2.75) is 26.1 Å². The van der Waals surface area contributed by atoms with Crippen molar-refractivity contribution in [3.05, 3.63) is 136 Å². The monoisotopic (exact) mass is 548 g/mol.